The zero-order chi connectivity index (χ0) is 15.2. The minimum absolute atomic E-state index is 0.00646. The van der Waals surface area contributed by atoms with Gasteiger partial charge in [0, 0.05) is 26.2 Å². The van der Waals surface area contributed by atoms with Crippen molar-refractivity contribution >= 4 is 11.9 Å². The lowest BCUT2D eigenvalue weighted by Gasteiger charge is -2.32. The van der Waals surface area contributed by atoms with Crippen LogP contribution in [0.2, 0.25) is 0 Å². The van der Waals surface area contributed by atoms with Gasteiger partial charge in [-0.3, -0.25) is 4.79 Å². The van der Waals surface area contributed by atoms with Crippen LogP contribution in [0.1, 0.15) is 39.5 Å². The largest absolute Gasteiger partial charge is 0.396 e. The number of primary amides is 1. The monoisotopic (exact) mass is 285 g/mol. The lowest BCUT2D eigenvalue weighted by molar-refractivity contribution is -0.126. The molecule has 1 saturated heterocycles. The molecule has 0 radical (unpaired) electrons. The number of urea groups is 1. The van der Waals surface area contributed by atoms with Gasteiger partial charge in [0.15, 0.2) is 0 Å². The average molecular weight is 285 g/mol. The van der Waals surface area contributed by atoms with E-state index in [0.717, 1.165) is 25.7 Å². The lowest BCUT2D eigenvalue weighted by Crippen LogP contribution is -2.48. The first-order valence-corrected chi connectivity index (χ1v) is 7.29. The number of nitrogens with two attached hydrogens (primary N) is 1. The Bertz CT molecular complexity index is 345. The molecule has 3 amide bonds. The van der Waals surface area contributed by atoms with Crippen LogP contribution in [0, 0.1) is 11.3 Å². The number of nitrogens with one attached hydrogen (secondary N) is 1. The van der Waals surface area contributed by atoms with Gasteiger partial charge in [0.1, 0.15) is 0 Å². The van der Waals surface area contributed by atoms with Crippen molar-refractivity contribution in [1.29, 1.82) is 0 Å². The number of hydrogen-bond donors (Lipinski definition) is 3. The van der Waals surface area contributed by atoms with Gasteiger partial charge in [-0.15, -0.1) is 0 Å². The van der Waals surface area contributed by atoms with E-state index in [1.54, 1.807) is 0 Å². The average Bonchev–Trinajstić information content (AvgIpc) is 2.43. The molecule has 0 aliphatic carbocycles. The molecule has 1 aliphatic rings. The van der Waals surface area contributed by atoms with Crippen LogP contribution < -0.4 is 11.1 Å². The Balaban J connectivity index is 2.40. The fourth-order valence-electron chi connectivity index (χ4n) is 2.51. The predicted molar refractivity (Wildman–Crippen MR) is 77.0 cm³/mol. The zero-order valence-corrected chi connectivity index (χ0v) is 12.5. The number of piperidine rings is 1. The van der Waals surface area contributed by atoms with Gasteiger partial charge in [0.05, 0.1) is 5.92 Å². The van der Waals surface area contributed by atoms with Crippen LogP contribution in [0.25, 0.3) is 0 Å². The number of nitrogens with zero attached hydrogens (tertiary/aromatic N) is 1. The van der Waals surface area contributed by atoms with Gasteiger partial charge < -0.3 is 21.1 Å². The summed E-state index contributed by atoms with van der Waals surface area (Å²) in [5.41, 5.74) is 5.23. The molecule has 1 unspecified atom stereocenters. The van der Waals surface area contributed by atoms with Crippen LogP contribution in [-0.4, -0.2) is 48.2 Å². The number of carbonyl (C=O) groups is 2. The van der Waals surface area contributed by atoms with E-state index >= 15 is 0 Å². The summed E-state index contributed by atoms with van der Waals surface area (Å²) < 4.78 is 0. The quantitative estimate of drug-likeness (QED) is 0.670. The van der Waals surface area contributed by atoms with Crippen molar-refractivity contribution in [2.45, 2.75) is 39.5 Å². The van der Waals surface area contributed by atoms with Gasteiger partial charge in [-0.25, -0.2) is 4.79 Å². The molecule has 1 aliphatic heterocycles. The van der Waals surface area contributed by atoms with Crippen molar-refractivity contribution in [3.05, 3.63) is 0 Å². The second kappa shape index (κ2) is 7.47. The Kier molecular flexibility index (Phi) is 6.26. The van der Waals surface area contributed by atoms with Crippen molar-refractivity contribution < 1.29 is 14.7 Å². The van der Waals surface area contributed by atoms with E-state index in [1.165, 1.54) is 4.90 Å². The van der Waals surface area contributed by atoms with E-state index in [1.807, 2.05) is 0 Å². The highest BCUT2D eigenvalue weighted by atomic mass is 16.3. The van der Waals surface area contributed by atoms with Crippen LogP contribution >= 0.6 is 0 Å². The molecule has 0 aromatic rings. The van der Waals surface area contributed by atoms with E-state index in [9.17, 15) is 9.59 Å². The van der Waals surface area contributed by atoms with Gasteiger partial charge in [0.2, 0.25) is 5.91 Å². The van der Waals surface area contributed by atoms with Crippen molar-refractivity contribution in [2.75, 3.05) is 26.2 Å². The first-order valence-electron chi connectivity index (χ1n) is 7.29. The summed E-state index contributed by atoms with van der Waals surface area (Å²) in [5.74, 6) is -0.169. The number of aliphatic hydroxyl groups is 1. The van der Waals surface area contributed by atoms with Crippen LogP contribution in [0.15, 0.2) is 0 Å². The van der Waals surface area contributed by atoms with Crippen LogP contribution in [0.4, 0.5) is 4.79 Å². The van der Waals surface area contributed by atoms with Crippen LogP contribution in [0.3, 0.4) is 0 Å². The van der Waals surface area contributed by atoms with E-state index in [0.29, 0.717) is 19.6 Å². The molecule has 1 fully saturated rings. The van der Waals surface area contributed by atoms with Gasteiger partial charge >= 0.3 is 6.03 Å². The Morgan fingerprint density at radius 3 is 2.75 bits per heavy atom. The minimum atomic E-state index is -0.453. The molecule has 0 spiro atoms. The van der Waals surface area contributed by atoms with E-state index < -0.39 is 6.03 Å². The molecule has 0 aromatic heterocycles. The van der Waals surface area contributed by atoms with Crippen molar-refractivity contribution in [2.24, 2.45) is 17.1 Å². The SMILES string of the molecule is CC(C)(CCCO)CNC(=O)C1CCCN(C(N)=O)C1. The second-order valence-electron chi connectivity index (χ2n) is 6.33. The van der Waals surface area contributed by atoms with E-state index in [-0.39, 0.29) is 23.8 Å². The Morgan fingerprint density at radius 2 is 2.15 bits per heavy atom. The maximum Gasteiger partial charge on any atom is 0.314 e. The van der Waals surface area contributed by atoms with Crippen molar-refractivity contribution in [1.82, 2.24) is 10.2 Å². The summed E-state index contributed by atoms with van der Waals surface area (Å²) in [4.78, 5) is 24.8. The maximum absolute atomic E-state index is 12.1. The zero-order valence-electron chi connectivity index (χ0n) is 12.5. The molecule has 1 atom stereocenters. The molecule has 1 rings (SSSR count). The number of aliphatic hydroxyl groups excluding tert-OH is 1. The van der Waals surface area contributed by atoms with Crippen molar-refractivity contribution in [3.63, 3.8) is 0 Å². The second-order valence-corrected chi connectivity index (χ2v) is 6.33. The molecule has 1 heterocycles. The number of carbonyl (C=O) groups excluding carboxylic acids is 2. The maximum atomic E-state index is 12.1. The first-order chi connectivity index (χ1) is 9.35. The summed E-state index contributed by atoms with van der Waals surface area (Å²) in [6.07, 6.45) is 3.21. The third-order valence-electron chi connectivity index (χ3n) is 3.86. The summed E-state index contributed by atoms with van der Waals surface area (Å²) in [6, 6.07) is -0.453. The Labute approximate surface area is 120 Å². The number of rotatable bonds is 6. The van der Waals surface area contributed by atoms with Crippen molar-refractivity contribution in [3.8, 4) is 0 Å². The molecule has 4 N–H and O–H groups in total. The Morgan fingerprint density at radius 1 is 1.45 bits per heavy atom. The third-order valence-corrected chi connectivity index (χ3v) is 3.86. The number of hydrogen-bond acceptors (Lipinski definition) is 3. The molecule has 116 valence electrons. The highest BCUT2D eigenvalue weighted by Crippen LogP contribution is 2.22. The van der Waals surface area contributed by atoms with Gasteiger partial charge in [-0.2, -0.15) is 0 Å². The fourth-order valence-corrected chi connectivity index (χ4v) is 2.51. The summed E-state index contributed by atoms with van der Waals surface area (Å²) in [6.45, 7) is 5.95. The molecule has 0 aromatic carbocycles. The molecular weight excluding hydrogens is 258 g/mol. The standard InChI is InChI=1S/C14H27N3O3/c1-14(2,6-4-8-18)10-16-12(19)11-5-3-7-17(9-11)13(15)20/h11,18H,3-10H2,1-2H3,(H2,15,20)(H,16,19). The van der Waals surface area contributed by atoms with Gasteiger partial charge in [-0.1, -0.05) is 13.8 Å². The van der Waals surface area contributed by atoms with Gasteiger partial charge in [-0.05, 0) is 31.1 Å². The highest BCUT2D eigenvalue weighted by Gasteiger charge is 2.28. The molecule has 0 saturated carbocycles. The normalized spacial score (nSPS) is 19.8. The smallest absolute Gasteiger partial charge is 0.314 e. The lowest BCUT2D eigenvalue weighted by atomic mass is 9.87. The predicted octanol–water partition coefficient (Wildman–Crippen LogP) is 0.692. The number of likely N-dealkylation sites (tertiary alicyclic amines) is 1. The molecule has 0 bridgehead atoms. The molecule has 6 heteroatoms. The van der Waals surface area contributed by atoms with Crippen LogP contribution in [-0.2, 0) is 4.79 Å². The molecule has 20 heavy (non-hydrogen) atoms. The third kappa shape index (κ3) is 5.36. The fraction of sp³-hybridized carbons (Fsp3) is 0.857. The Hall–Kier alpha value is -1.30. The summed E-state index contributed by atoms with van der Waals surface area (Å²) in [7, 11) is 0. The molecular formula is C14H27N3O3. The minimum Gasteiger partial charge on any atom is -0.396 e. The highest BCUT2D eigenvalue weighted by molar-refractivity contribution is 5.80. The van der Waals surface area contributed by atoms with Crippen LogP contribution in [0.5, 0.6) is 0 Å². The van der Waals surface area contributed by atoms with Gasteiger partial charge in [0.25, 0.3) is 0 Å². The number of amides is 3. The molecule has 6 nitrogen and oxygen atoms in total. The van der Waals surface area contributed by atoms with E-state index in [2.05, 4.69) is 19.2 Å². The summed E-state index contributed by atoms with van der Waals surface area (Å²) >= 11 is 0. The van der Waals surface area contributed by atoms with E-state index in [4.69, 9.17) is 10.8 Å². The first kappa shape index (κ1) is 16.8. The topological polar surface area (TPSA) is 95.7 Å². The summed E-state index contributed by atoms with van der Waals surface area (Å²) in [5, 5.41) is 11.8.